The first-order valence-corrected chi connectivity index (χ1v) is 8.32. The van der Waals surface area contributed by atoms with Crippen molar-refractivity contribution < 1.29 is 14.3 Å². The van der Waals surface area contributed by atoms with Crippen LogP contribution in [0.2, 0.25) is 0 Å². The van der Waals surface area contributed by atoms with Crippen molar-refractivity contribution in [3.63, 3.8) is 0 Å². The lowest BCUT2D eigenvalue weighted by molar-refractivity contribution is 0.0593. The maximum Gasteiger partial charge on any atom is 0.356 e. The number of carbonyl (C=O) groups is 2. The monoisotopic (exact) mass is 343 g/mol. The molecule has 132 valence electrons. The predicted octanol–water partition coefficient (Wildman–Crippen LogP) is 1.46. The van der Waals surface area contributed by atoms with Crippen molar-refractivity contribution in [3.05, 3.63) is 41.2 Å². The predicted molar refractivity (Wildman–Crippen MR) is 89.0 cm³/mol. The number of ether oxygens (including phenoxy) is 1. The Labute approximate surface area is 145 Å². The molecule has 0 radical (unpaired) electrons. The molecule has 1 amide bonds. The van der Waals surface area contributed by atoms with Crippen LogP contribution in [0.1, 0.15) is 51.9 Å². The van der Waals surface area contributed by atoms with E-state index < -0.39 is 5.97 Å². The summed E-state index contributed by atoms with van der Waals surface area (Å²) in [5.74, 6) is 0.910. The van der Waals surface area contributed by atoms with E-state index in [-0.39, 0.29) is 17.3 Å². The van der Waals surface area contributed by atoms with Crippen LogP contribution in [0.4, 0.5) is 0 Å². The lowest BCUT2D eigenvalue weighted by Gasteiger charge is -2.17. The Morgan fingerprint density at radius 2 is 2.00 bits per heavy atom. The lowest BCUT2D eigenvalue weighted by Crippen LogP contribution is -2.29. The van der Waals surface area contributed by atoms with Gasteiger partial charge in [-0.3, -0.25) is 4.79 Å². The van der Waals surface area contributed by atoms with Crippen LogP contribution in [0, 0.1) is 0 Å². The number of carbonyl (C=O) groups excluding carboxylic acids is 2. The van der Waals surface area contributed by atoms with Gasteiger partial charge in [0.15, 0.2) is 5.82 Å². The molecule has 3 rings (SSSR count). The van der Waals surface area contributed by atoms with Crippen molar-refractivity contribution in [2.24, 2.45) is 0 Å². The van der Waals surface area contributed by atoms with Crippen LogP contribution in [0.3, 0.4) is 0 Å². The number of nitrogens with zero attached hydrogens (tertiary/aromatic N) is 5. The van der Waals surface area contributed by atoms with Crippen LogP contribution in [0.5, 0.6) is 0 Å². The van der Waals surface area contributed by atoms with Gasteiger partial charge in [0.2, 0.25) is 0 Å². The summed E-state index contributed by atoms with van der Waals surface area (Å²) in [4.78, 5) is 29.8. The van der Waals surface area contributed by atoms with Gasteiger partial charge in [0.25, 0.3) is 5.91 Å². The molecule has 2 aromatic rings. The minimum atomic E-state index is -0.569. The molecule has 0 aliphatic carbocycles. The largest absolute Gasteiger partial charge is 0.464 e. The van der Waals surface area contributed by atoms with Gasteiger partial charge in [-0.05, 0) is 25.0 Å². The van der Waals surface area contributed by atoms with Crippen molar-refractivity contribution in [1.29, 1.82) is 0 Å². The molecular weight excluding hydrogens is 322 g/mol. The topological polar surface area (TPSA) is 90.2 Å². The second kappa shape index (κ2) is 7.42. The van der Waals surface area contributed by atoms with Crippen molar-refractivity contribution in [1.82, 2.24) is 24.6 Å². The van der Waals surface area contributed by atoms with Crippen LogP contribution in [0.15, 0.2) is 18.2 Å². The van der Waals surface area contributed by atoms with Crippen LogP contribution in [-0.2, 0) is 24.2 Å². The molecule has 25 heavy (non-hydrogen) atoms. The molecule has 0 saturated carbocycles. The minimum absolute atomic E-state index is 0.109. The molecule has 0 spiro atoms. The second-order valence-corrected chi connectivity index (χ2v) is 6.06. The quantitative estimate of drug-likeness (QED) is 0.781. The second-order valence-electron chi connectivity index (χ2n) is 6.06. The molecule has 0 bridgehead atoms. The Bertz CT molecular complexity index is 786. The summed E-state index contributed by atoms with van der Waals surface area (Å²) >= 11 is 0. The Hall–Kier alpha value is -2.77. The molecule has 0 saturated heterocycles. The lowest BCUT2D eigenvalue weighted by atomic mass is 10.2. The standard InChI is InChI=1S/C17H21N5O3/c1-21(11-15-20-19-14-9-4-3-5-10-22(14)15)16(23)12-7-6-8-13(18-12)17(24)25-2/h6-8H,3-5,9-11H2,1-2H3. The van der Waals surface area contributed by atoms with E-state index in [2.05, 4.69) is 24.5 Å². The van der Waals surface area contributed by atoms with Crippen molar-refractivity contribution >= 4 is 11.9 Å². The average molecular weight is 343 g/mol. The third-order valence-corrected chi connectivity index (χ3v) is 4.27. The first kappa shape index (κ1) is 17.1. The molecule has 0 atom stereocenters. The number of hydrogen-bond donors (Lipinski definition) is 0. The summed E-state index contributed by atoms with van der Waals surface area (Å²) in [5.41, 5.74) is 0.305. The van der Waals surface area contributed by atoms with Gasteiger partial charge in [-0.25, -0.2) is 9.78 Å². The Morgan fingerprint density at radius 1 is 1.20 bits per heavy atom. The Kier molecular flexibility index (Phi) is 5.06. The molecule has 2 aromatic heterocycles. The molecule has 0 fully saturated rings. The van der Waals surface area contributed by atoms with E-state index in [1.807, 2.05) is 0 Å². The normalized spacial score (nSPS) is 13.7. The molecule has 0 aromatic carbocycles. The highest BCUT2D eigenvalue weighted by Gasteiger charge is 2.20. The number of hydrogen-bond acceptors (Lipinski definition) is 6. The summed E-state index contributed by atoms with van der Waals surface area (Å²) in [6.07, 6.45) is 4.32. The summed E-state index contributed by atoms with van der Waals surface area (Å²) < 4.78 is 6.75. The smallest absolute Gasteiger partial charge is 0.356 e. The molecule has 3 heterocycles. The summed E-state index contributed by atoms with van der Waals surface area (Å²) in [6.45, 7) is 1.23. The third kappa shape index (κ3) is 3.67. The number of fused-ring (bicyclic) bond motifs is 1. The third-order valence-electron chi connectivity index (χ3n) is 4.27. The number of rotatable bonds is 4. The summed E-state index contributed by atoms with van der Waals surface area (Å²) in [5, 5.41) is 8.49. The highest BCUT2D eigenvalue weighted by molar-refractivity contribution is 5.94. The molecular formula is C17H21N5O3. The number of aryl methyl sites for hydroxylation is 1. The maximum absolute atomic E-state index is 12.6. The van der Waals surface area contributed by atoms with Gasteiger partial charge >= 0.3 is 5.97 Å². The van der Waals surface area contributed by atoms with E-state index in [0.29, 0.717) is 6.54 Å². The van der Waals surface area contributed by atoms with Crippen molar-refractivity contribution in [2.75, 3.05) is 14.2 Å². The zero-order chi connectivity index (χ0) is 17.8. The number of aromatic nitrogens is 4. The van der Waals surface area contributed by atoms with E-state index in [9.17, 15) is 9.59 Å². The fraction of sp³-hybridized carbons (Fsp3) is 0.471. The van der Waals surface area contributed by atoms with E-state index in [1.165, 1.54) is 24.5 Å². The van der Waals surface area contributed by atoms with Crippen LogP contribution in [-0.4, -0.2) is 50.7 Å². The van der Waals surface area contributed by atoms with Gasteiger partial charge in [0.1, 0.15) is 17.2 Å². The minimum Gasteiger partial charge on any atom is -0.464 e. The number of esters is 1. The highest BCUT2D eigenvalue weighted by atomic mass is 16.5. The van der Waals surface area contributed by atoms with Gasteiger partial charge in [0.05, 0.1) is 13.7 Å². The molecule has 8 heteroatoms. The Morgan fingerprint density at radius 3 is 2.80 bits per heavy atom. The number of amides is 1. The van der Waals surface area contributed by atoms with Gasteiger partial charge in [-0.2, -0.15) is 0 Å². The zero-order valence-corrected chi connectivity index (χ0v) is 14.4. The number of pyridine rings is 1. The van der Waals surface area contributed by atoms with Crippen molar-refractivity contribution in [2.45, 2.75) is 38.8 Å². The fourth-order valence-electron chi connectivity index (χ4n) is 2.91. The zero-order valence-electron chi connectivity index (χ0n) is 14.4. The summed E-state index contributed by atoms with van der Waals surface area (Å²) in [6, 6.07) is 4.71. The van der Waals surface area contributed by atoms with E-state index in [0.717, 1.165) is 37.5 Å². The molecule has 8 nitrogen and oxygen atoms in total. The average Bonchev–Trinajstić information content (AvgIpc) is 2.86. The molecule has 0 N–H and O–H groups in total. The van der Waals surface area contributed by atoms with Crippen LogP contribution < -0.4 is 0 Å². The Balaban J connectivity index is 1.75. The molecule has 1 aliphatic rings. The first-order chi connectivity index (χ1) is 12.1. The fourth-order valence-corrected chi connectivity index (χ4v) is 2.91. The van der Waals surface area contributed by atoms with Crippen LogP contribution >= 0.6 is 0 Å². The molecule has 1 aliphatic heterocycles. The van der Waals surface area contributed by atoms with E-state index in [4.69, 9.17) is 0 Å². The molecule has 0 unspecified atom stereocenters. The number of methoxy groups -OCH3 is 1. The van der Waals surface area contributed by atoms with Gasteiger partial charge in [-0.1, -0.05) is 12.5 Å². The first-order valence-electron chi connectivity index (χ1n) is 8.32. The van der Waals surface area contributed by atoms with Gasteiger partial charge in [0, 0.05) is 20.0 Å². The summed E-state index contributed by atoms with van der Waals surface area (Å²) in [7, 11) is 2.97. The van der Waals surface area contributed by atoms with Gasteiger partial charge < -0.3 is 14.2 Å². The van der Waals surface area contributed by atoms with Crippen LogP contribution in [0.25, 0.3) is 0 Å². The van der Waals surface area contributed by atoms with Crippen molar-refractivity contribution in [3.8, 4) is 0 Å². The van der Waals surface area contributed by atoms with Gasteiger partial charge in [-0.15, -0.1) is 10.2 Å². The van der Waals surface area contributed by atoms with E-state index in [1.54, 1.807) is 19.2 Å². The van der Waals surface area contributed by atoms with E-state index >= 15 is 0 Å². The maximum atomic E-state index is 12.6. The highest BCUT2D eigenvalue weighted by Crippen LogP contribution is 2.16. The SMILES string of the molecule is COC(=O)c1cccc(C(=O)N(C)Cc2nnc3n2CCCCC3)n1.